The van der Waals surface area contributed by atoms with E-state index in [2.05, 4.69) is 9.97 Å². The molecule has 1 aromatic heterocycles. The molecule has 0 bridgehead atoms. The van der Waals surface area contributed by atoms with Crippen LogP contribution in [0, 0.1) is 0 Å². The molecule has 0 N–H and O–H groups in total. The molecule has 0 radical (unpaired) electrons. The molecule has 0 atom stereocenters. The predicted octanol–water partition coefficient (Wildman–Crippen LogP) is 2.44. The molecule has 5 nitrogen and oxygen atoms in total. The maximum Gasteiger partial charge on any atom is 0.252 e. The molecule has 2 aromatic rings. The van der Waals surface area contributed by atoms with Crippen LogP contribution in [0.25, 0.3) is 0 Å². The maximum absolute atomic E-state index is 5.84. The van der Waals surface area contributed by atoms with Crippen LogP contribution in [-0.4, -0.2) is 16.8 Å². The van der Waals surface area contributed by atoms with E-state index in [9.17, 15) is 0 Å². The zero-order valence-corrected chi connectivity index (χ0v) is 10.1. The Kier molecular flexibility index (Phi) is 2.90. The average Bonchev–Trinajstić information content (AvgIpc) is 2.85. The lowest BCUT2D eigenvalue weighted by atomic mass is 10.2. The highest BCUT2D eigenvalue weighted by Gasteiger charge is 2.13. The summed E-state index contributed by atoms with van der Waals surface area (Å²) in [7, 11) is 0. The second-order valence-corrected chi connectivity index (χ2v) is 3.99. The van der Waals surface area contributed by atoms with E-state index in [1.165, 1.54) is 12.4 Å². The van der Waals surface area contributed by atoms with Gasteiger partial charge in [-0.15, -0.1) is 0 Å². The van der Waals surface area contributed by atoms with Crippen LogP contribution < -0.4 is 14.2 Å². The minimum atomic E-state index is 0.248. The lowest BCUT2D eigenvalue weighted by Gasteiger charge is -2.06. The number of ether oxygens (including phenoxy) is 3. The van der Waals surface area contributed by atoms with E-state index >= 15 is 0 Å². The summed E-state index contributed by atoms with van der Waals surface area (Å²) in [6, 6.07) is 5.61. The van der Waals surface area contributed by atoms with Crippen LogP contribution in [0.5, 0.6) is 17.4 Å². The van der Waals surface area contributed by atoms with Crippen molar-refractivity contribution in [1.82, 2.24) is 9.97 Å². The summed E-state index contributed by atoms with van der Waals surface area (Å²) in [4.78, 5) is 7.88. The molecule has 0 amide bonds. The summed E-state index contributed by atoms with van der Waals surface area (Å²) in [6.07, 6.45) is 3.04. The number of rotatable bonds is 3. The molecule has 0 fully saturated rings. The number of fused-ring (bicyclic) bond motifs is 1. The highest BCUT2D eigenvalue weighted by atomic mass is 35.5. The van der Waals surface area contributed by atoms with Gasteiger partial charge in [0.05, 0.1) is 0 Å². The van der Waals surface area contributed by atoms with Crippen LogP contribution in [-0.2, 0) is 6.61 Å². The Balaban J connectivity index is 1.72. The van der Waals surface area contributed by atoms with Gasteiger partial charge in [-0.25, -0.2) is 9.97 Å². The first kappa shape index (κ1) is 11.1. The largest absolute Gasteiger partial charge is 0.471 e. The fourth-order valence-electron chi connectivity index (χ4n) is 1.59. The first-order valence-electron chi connectivity index (χ1n) is 5.31. The van der Waals surface area contributed by atoms with Gasteiger partial charge in [0.25, 0.3) is 5.88 Å². The monoisotopic (exact) mass is 264 g/mol. The number of halogens is 1. The van der Waals surface area contributed by atoms with Crippen LogP contribution in [0.1, 0.15) is 5.56 Å². The van der Waals surface area contributed by atoms with Crippen molar-refractivity contribution in [2.75, 3.05) is 6.79 Å². The van der Waals surface area contributed by atoms with Gasteiger partial charge in [0.2, 0.25) is 6.79 Å². The van der Waals surface area contributed by atoms with Crippen molar-refractivity contribution in [2.45, 2.75) is 6.61 Å². The van der Waals surface area contributed by atoms with Gasteiger partial charge in [-0.3, -0.25) is 0 Å². The molecule has 6 heteroatoms. The predicted molar refractivity (Wildman–Crippen MR) is 63.9 cm³/mol. The van der Waals surface area contributed by atoms with E-state index in [-0.39, 0.29) is 11.9 Å². The Hall–Kier alpha value is -2.01. The first-order valence-corrected chi connectivity index (χ1v) is 5.68. The fraction of sp³-hybridized carbons (Fsp3) is 0.167. The smallest absolute Gasteiger partial charge is 0.252 e. The van der Waals surface area contributed by atoms with Crippen molar-refractivity contribution >= 4 is 11.6 Å². The summed E-state index contributed by atoms with van der Waals surface area (Å²) in [6.45, 7) is 0.602. The average molecular weight is 265 g/mol. The third-order valence-electron chi connectivity index (χ3n) is 2.44. The van der Waals surface area contributed by atoms with Crippen molar-refractivity contribution in [3.8, 4) is 17.4 Å². The maximum atomic E-state index is 5.84. The minimum Gasteiger partial charge on any atom is -0.471 e. The van der Waals surface area contributed by atoms with Gasteiger partial charge in [0, 0.05) is 12.4 Å². The first-order chi connectivity index (χ1) is 8.83. The molecule has 1 aliphatic rings. The van der Waals surface area contributed by atoms with E-state index in [4.69, 9.17) is 25.8 Å². The van der Waals surface area contributed by atoms with Crippen LogP contribution in [0.2, 0.25) is 5.15 Å². The van der Waals surface area contributed by atoms with E-state index in [1.807, 2.05) is 18.2 Å². The fourth-order valence-corrected chi connectivity index (χ4v) is 1.75. The van der Waals surface area contributed by atoms with Crippen molar-refractivity contribution in [1.29, 1.82) is 0 Å². The molecule has 0 spiro atoms. The molecule has 0 unspecified atom stereocenters. The second-order valence-electron chi connectivity index (χ2n) is 3.63. The van der Waals surface area contributed by atoms with Gasteiger partial charge < -0.3 is 14.2 Å². The zero-order chi connectivity index (χ0) is 12.4. The molecule has 0 aliphatic carbocycles. The summed E-state index contributed by atoms with van der Waals surface area (Å²) < 4.78 is 16.0. The van der Waals surface area contributed by atoms with Crippen LogP contribution >= 0.6 is 11.6 Å². The lowest BCUT2D eigenvalue weighted by Crippen LogP contribution is -1.98. The lowest BCUT2D eigenvalue weighted by molar-refractivity contribution is 0.174. The SMILES string of the molecule is Clc1nccnc1OCc1ccc2c(c1)OCO2. The van der Waals surface area contributed by atoms with Crippen molar-refractivity contribution < 1.29 is 14.2 Å². The van der Waals surface area contributed by atoms with Crippen LogP contribution in [0.4, 0.5) is 0 Å². The van der Waals surface area contributed by atoms with E-state index in [1.54, 1.807) is 0 Å². The van der Waals surface area contributed by atoms with Gasteiger partial charge >= 0.3 is 0 Å². The third-order valence-corrected chi connectivity index (χ3v) is 2.69. The van der Waals surface area contributed by atoms with Crippen LogP contribution in [0.3, 0.4) is 0 Å². The number of hydrogen-bond donors (Lipinski definition) is 0. The van der Waals surface area contributed by atoms with Gasteiger partial charge in [-0.05, 0) is 17.7 Å². The molecule has 0 saturated heterocycles. The van der Waals surface area contributed by atoms with Crippen LogP contribution in [0.15, 0.2) is 30.6 Å². The Labute approximate surface area is 108 Å². The topological polar surface area (TPSA) is 53.5 Å². The van der Waals surface area contributed by atoms with E-state index in [0.29, 0.717) is 12.5 Å². The van der Waals surface area contributed by atoms with Gasteiger partial charge in [-0.1, -0.05) is 17.7 Å². The molecule has 1 aromatic carbocycles. The van der Waals surface area contributed by atoms with Gasteiger partial charge in [0.15, 0.2) is 16.7 Å². The summed E-state index contributed by atoms with van der Waals surface area (Å²) in [5.74, 6) is 1.79. The van der Waals surface area contributed by atoms with E-state index in [0.717, 1.165) is 17.1 Å². The van der Waals surface area contributed by atoms with E-state index < -0.39 is 0 Å². The summed E-state index contributed by atoms with van der Waals surface area (Å²) in [5.41, 5.74) is 0.945. The molecule has 1 aliphatic heterocycles. The Morgan fingerprint density at radius 2 is 2.00 bits per heavy atom. The molecule has 3 rings (SSSR count). The Morgan fingerprint density at radius 3 is 2.89 bits per heavy atom. The van der Waals surface area contributed by atoms with Crippen molar-refractivity contribution in [3.63, 3.8) is 0 Å². The third kappa shape index (κ3) is 2.17. The second kappa shape index (κ2) is 4.70. The minimum absolute atomic E-state index is 0.248. The number of hydrogen-bond acceptors (Lipinski definition) is 5. The standard InChI is InChI=1S/C12H9ClN2O3/c13-11-12(15-4-3-14-11)16-6-8-1-2-9-10(5-8)18-7-17-9/h1-5H,6-7H2. The Morgan fingerprint density at radius 1 is 1.17 bits per heavy atom. The summed E-state index contributed by atoms with van der Waals surface area (Å²) >= 11 is 5.84. The van der Waals surface area contributed by atoms with Crippen molar-refractivity contribution in [3.05, 3.63) is 41.3 Å². The molecule has 2 heterocycles. The quantitative estimate of drug-likeness (QED) is 0.852. The van der Waals surface area contributed by atoms with Crippen molar-refractivity contribution in [2.24, 2.45) is 0 Å². The molecule has 92 valence electrons. The van der Waals surface area contributed by atoms with Gasteiger partial charge in [0.1, 0.15) is 6.61 Å². The zero-order valence-electron chi connectivity index (χ0n) is 9.30. The summed E-state index contributed by atoms with van der Waals surface area (Å²) in [5, 5.41) is 0.248. The number of aromatic nitrogens is 2. The molecule has 18 heavy (non-hydrogen) atoms. The molecular formula is C12H9ClN2O3. The number of nitrogens with zero attached hydrogens (tertiary/aromatic N) is 2. The molecular weight excluding hydrogens is 256 g/mol. The Bertz CT molecular complexity index is 577. The highest BCUT2D eigenvalue weighted by molar-refractivity contribution is 6.30. The molecule has 0 saturated carbocycles. The van der Waals surface area contributed by atoms with Gasteiger partial charge in [-0.2, -0.15) is 0 Å². The highest BCUT2D eigenvalue weighted by Crippen LogP contribution is 2.32. The normalized spacial score (nSPS) is 12.5. The number of benzene rings is 1.